The SMILES string of the molecule is CCCC(CCC)C(=O)NCC1(O)CCC1. The van der Waals surface area contributed by atoms with Crippen molar-refractivity contribution in [1.82, 2.24) is 5.32 Å². The van der Waals surface area contributed by atoms with Crippen LogP contribution in [0.25, 0.3) is 0 Å². The summed E-state index contributed by atoms with van der Waals surface area (Å²) in [5.41, 5.74) is -0.599. The van der Waals surface area contributed by atoms with Gasteiger partial charge in [-0.15, -0.1) is 0 Å². The van der Waals surface area contributed by atoms with Gasteiger partial charge in [0.25, 0.3) is 0 Å². The maximum absolute atomic E-state index is 11.9. The van der Waals surface area contributed by atoms with Crippen LogP contribution in [0.1, 0.15) is 58.8 Å². The van der Waals surface area contributed by atoms with Crippen molar-refractivity contribution in [1.29, 1.82) is 0 Å². The fourth-order valence-electron chi connectivity index (χ4n) is 2.26. The standard InChI is InChI=1S/C13H25NO2/c1-3-6-11(7-4-2)12(15)14-10-13(16)8-5-9-13/h11,16H,3-10H2,1-2H3,(H,14,15). The van der Waals surface area contributed by atoms with Gasteiger partial charge in [0.1, 0.15) is 0 Å². The first kappa shape index (κ1) is 13.5. The van der Waals surface area contributed by atoms with Crippen molar-refractivity contribution in [3.8, 4) is 0 Å². The number of amides is 1. The number of rotatable bonds is 7. The van der Waals surface area contributed by atoms with Crippen LogP contribution < -0.4 is 5.32 Å². The zero-order chi connectivity index (χ0) is 12.0. The molecular formula is C13H25NO2. The van der Waals surface area contributed by atoms with E-state index in [4.69, 9.17) is 0 Å². The molecule has 0 bridgehead atoms. The normalized spacial score (nSPS) is 18.2. The van der Waals surface area contributed by atoms with E-state index in [1.807, 2.05) is 0 Å². The van der Waals surface area contributed by atoms with Gasteiger partial charge in [-0.1, -0.05) is 26.7 Å². The van der Waals surface area contributed by atoms with E-state index >= 15 is 0 Å². The Morgan fingerprint density at radius 3 is 2.25 bits per heavy atom. The van der Waals surface area contributed by atoms with Crippen LogP contribution in [0, 0.1) is 5.92 Å². The van der Waals surface area contributed by atoms with Gasteiger partial charge in [0.2, 0.25) is 5.91 Å². The highest BCUT2D eigenvalue weighted by Gasteiger charge is 2.34. The Morgan fingerprint density at radius 2 is 1.88 bits per heavy atom. The van der Waals surface area contributed by atoms with Gasteiger partial charge >= 0.3 is 0 Å². The van der Waals surface area contributed by atoms with Crippen molar-refractivity contribution >= 4 is 5.91 Å². The van der Waals surface area contributed by atoms with Gasteiger partial charge in [0.05, 0.1) is 5.60 Å². The second-order valence-corrected chi connectivity index (χ2v) is 5.07. The van der Waals surface area contributed by atoms with E-state index in [0.29, 0.717) is 6.54 Å². The van der Waals surface area contributed by atoms with Crippen LogP contribution >= 0.6 is 0 Å². The van der Waals surface area contributed by atoms with Gasteiger partial charge in [0.15, 0.2) is 0 Å². The predicted octanol–water partition coefficient (Wildman–Crippen LogP) is 2.23. The molecule has 0 aromatic heterocycles. The van der Waals surface area contributed by atoms with Crippen molar-refractivity contribution in [2.45, 2.75) is 64.4 Å². The van der Waals surface area contributed by atoms with E-state index < -0.39 is 5.60 Å². The average molecular weight is 227 g/mol. The smallest absolute Gasteiger partial charge is 0.223 e. The second-order valence-electron chi connectivity index (χ2n) is 5.07. The highest BCUT2D eigenvalue weighted by molar-refractivity contribution is 5.78. The Hall–Kier alpha value is -0.570. The van der Waals surface area contributed by atoms with E-state index in [0.717, 1.165) is 44.9 Å². The lowest BCUT2D eigenvalue weighted by molar-refractivity contribution is -0.127. The third kappa shape index (κ3) is 3.78. The fraction of sp³-hybridized carbons (Fsp3) is 0.923. The van der Waals surface area contributed by atoms with E-state index in [-0.39, 0.29) is 11.8 Å². The average Bonchev–Trinajstić information content (AvgIpc) is 2.23. The summed E-state index contributed by atoms with van der Waals surface area (Å²) >= 11 is 0. The minimum Gasteiger partial charge on any atom is -0.388 e. The zero-order valence-electron chi connectivity index (χ0n) is 10.6. The van der Waals surface area contributed by atoms with Crippen molar-refractivity contribution in [3.63, 3.8) is 0 Å². The molecule has 1 saturated carbocycles. The minimum atomic E-state index is -0.599. The van der Waals surface area contributed by atoms with Gasteiger partial charge in [0, 0.05) is 12.5 Å². The van der Waals surface area contributed by atoms with Crippen LogP contribution in [0.2, 0.25) is 0 Å². The molecule has 0 heterocycles. The first-order valence-corrected chi connectivity index (χ1v) is 6.61. The molecule has 2 N–H and O–H groups in total. The molecule has 0 radical (unpaired) electrons. The van der Waals surface area contributed by atoms with Crippen LogP contribution in [-0.2, 0) is 4.79 Å². The molecule has 0 atom stereocenters. The van der Waals surface area contributed by atoms with E-state index in [1.165, 1.54) is 0 Å². The molecule has 0 aromatic rings. The fourth-order valence-corrected chi connectivity index (χ4v) is 2.26. The van der Waals surface area contributed by atoms with E-state index in [2.05, 4.69) is 19.2 Å². The maximum atomic E-state index is 11.9. The Bertz CT molecular complexity index is 218. The summed E-state index contributed by atoms with van der Waals surface area (Å²) in [5, 5.41) is 12.8. The van der Waals surface area contributed by atoms with Gasteiger partial charge in [-0.3, -0.25) is 4.79 Å². The molecule has 1 fully saturated rings. The van der Waals surface area contributed by atoms with Gasteiger partial charge in [-0.25, -0.2) is 0 Å². The topological polar surface area (TPSA) is 49.3 Å². The summed E-state index contributed by atoms with van der Waals surface area (Å²) in [5.74, 6) is 0.266. The van der Waals surface area contributed by atoms with Crippen LogP contribution in [0.3, 0.4) is 0 Å². The monoisotopic (exact) mass is 227 g/mol. The molecule has 0 aromatic carbocycles. The van der Waals surface area contributed by atoms with Crippen molar-refractivity contribution < 1.29 is 9.90 Å². The molecule has 0 unspecified atom stereocenters. The molecule has 3 nitrogen and oxygen atoms in total. The Balaban J connectivity index is 2.30. The number of hydrogen-bond donors (Lipinski definition) is 2. The predicted molar refractivity (Wildman–Crippen MR) is 65.1 cm³/mol. The quantitative estimate of drug-likeness (QED) is 0.700. The summed E-state index contributed by atoms with van der Waals surface area (Å²) in [6.07, 6.45) is 6.75. The van der Waals surface area contributed by atoms with Gasteiger partial charge < -0.3 is 10.4 Å². The van der Waals surface area contributed by atoms with Crippen molar-refractivity contribution in [2.75, 3.05) is 6.54 Å². The highest BCUT2D eigenvalue weighted by atomic mass is 16.3. The lowest BCUT2D eigenvalue weighted by atomic mass is 9.80. The zero-order valence-corrected chi connectivity index (χ0v) is 10.6. The molecular weight excluding hydrogens is 202 g/mol. The van der Waals surface area contributed by atoms with Gasteiger partial charge in [-0.05, 0) is 32.1 Å². The number of carbonyl (C=O) groups is 1. The Kier molecular flexibility index (Phi) is 5.26. The largest absolute Gasteiger partial charge is 0.388 e. The molecule has 94 valence electrons. The molecule has 3 heteroatoms. The molecule has 1 rings (SSSR count). The molecule has 0 spiro atoms. The molecule has 1 amide bonds. The third-order valence-corrected chi connectivity index (χ3v) is 3.52. The maximum Gasteiger partial charge on any atom is 0.223 e. The van der Waals surface area contributed by atoms with E-state index in [1.54, 1.807) is 0 Å². The van der Waals surface area contributed by atoms with Crippen molar-refractivity contribution in [3.05, 3.63) is 0 Å². The molecule has 1 aliphatic rings. The number of nitrogens with one attached hydrogen (secondary N) is 1. The molecule has 0 aliphatic heterocycles. The van der Waals surface area contributed by atoms with Crippen LogP contribution in [0.4, 0.5) is 0 Å². The van der Waals surface area contributed by atoms with Gasteiger partial charge in [-0.2, -0.15) is 0 Å². The molecule has 16 heavy (non-hydrogen) atoms. The summed E-state index contributed by atoms with van der Waals surface area (Å²) in [4.78, 5) is 11.9. The summed E-state index contributed by atoms with van der Waals surface area (Å²) < 4.78 is 0. The van der Waals surface area contributed by atoms with Crippen LogP contribution in [-0.4, -0.2) is 23.2 Å². The van der Waals surface area contributed by atoms with Crippen LogP contribution in [0.5, 0.6) is 0 Å². The Morgan fingerprint density at radius 1 is 1.31 bits per heavy atom. The van der Waals surface area contributed by atoms with Crippen molar-refractivity contribution in [2.24, 2.45) is 5.92 Å². The van der Waals surface area contributed by atoms with E-state index in [9.17, 15) is 9.90 Å². The number of hydrogen-bond acceptors (Lipinski definition) is 2. The first-order chi connectivity index (χ1) is 7.61. The lowest BCUT2D eigenvalue weighted by Gasteiger charge is -2.36. The summed E-state index contributed by atoms with van der Waals surface area (Å²) in [6.45, 7) is 4.65. The molecule has 1 aliphatic carbocycles. The third-order valence-electron chi connectivity index (χ3n) is 3.52. The minimum absolute atomic E-state index is 0.129. The highest BCUT2D eigenvalue weighted by Crippen LogP contribution is 2.30. The molecule has 0 saturated heterocycles. The van der Waals surface area contributed by atoms with Crippen LogP contribution in [0.15, 0.2) is 0 Å². The first-order valence-electron chi connectivity index (χ1n) is 6.61. The lowest BCUT2D eigenvalue weighted by Crippen LogP contribution is -2.49. The number of aliphatic hydroxyl groups is 1. The summed E-state index contributed by atoms with van der Waals surface area (Å²) in [7, 11) is 0. The Labute approximate surface area is 98.6 Å². The number of carbonyl (C=O) groups excluding carboxylic acids is 1. The summed E-state index contributed by atoms with van der Waals surface area (Å²) in [6, 6.07) is 0. The second kappa shape index (κ2) is 6.24.